The molecule has 23 heavy (non-hydrogen) atoms. The van der Waals surface area contributed by atoms with E-state index in [2.05, 4.69) is 38.7 Å². The predicted octanol–water partition coefficient (Wildman–Crippen LogP) is 2.83. The van der Waals surface area contributed by atoms with Gasteiger partial charge in [-0.2, -0.15) is 0 Å². The van der Waals surface area contributed by atoms with E-state index in [1.54, 1.807) is 0 Å². The molecule has 3 rings (SSSR count). The Hall–Kier alpha value is -2.30. The molecular formula is C18H23N3O2. The monoisotopic (exact) mass is 313 g/mol. The van der Waals surface area contributed by atoms with Crippen molar-refractivity contribution in [2.24, 2.45) is 0 Å². The zero-order valence-electron chi connectivity index (χ0n) is 13.5. The van der Waals surface area contributed by atoms with Crippen LogP contribution >= 0.6 is 0 Å². The number of aromatic nitrogens is 2. The molecular weight excluding hydrogens is 290 g/mol. The van der Waals surface area contributed by atoms with Gasteiger partial charge in [0.05, 0.1) is 12.9 Å². The van der Waals surface area contributed by atoms with Gasteiger partial charge in [-0.3, -0.25) is 4.79 Å². The quantitative estimate of drug-likeness (QED) is 0.738. The first kappa shape index (κ1) is 15.6. The summed E-state index contributed by atoms with van der Waals surface area (Å²) in [4.78, 5) is 18.0. The minimum absolute atomic E-state index is 0.102. The lowest BCUT2D eigenvalue weighted by atomic mass is 10.0. The molecule has 1 aromatic heterocycles. The molecule has 0 saturated carbocycles. The fourth-order valence-corrected chi connectivity index (χ4v) is 3.25. The van der Waals surface area contributed by atoms with Crippen LogP contribution in [0.1, 0.15) is 31.2 Å². The van der Waals surface area contributed by atoms with Crippen molar-refractivity contribution in [3.05, 3.63) is 48.5 Å². The first-order chi connectivity index (χ1) is 11.3. The maximum atomic E-state index is 11.5. The number of benzene rings is 1. The van der Waals surface area contributed by atoms with E-state index < -0.39 is 0 Å². The van der Waals surface area contributed by atoms with E-state index in [1.165, 1.54) is 11.3 Å². The zero-order valence-corrected chi connectivity index (χ0v) is 13.5. The molecule has 0 spiro atoms. The largest absolute Gasteiger partial charge is 0.466 e. The number of nitrogens with zero attached hydrogens (tertiary/aromatic N) is 3. The lowest BCUT2D eigenvalue weighted by Crippen LogP contribution is -2.25. The van der Waals surface area contributed by atoms with Crippen LogP contribution in [0.3, 0.4) is 0 Å². The van der Waals surface area contributed by atoms with Gasteiger partial charge in [0, 0.05) is 50.1 Å². The highest BCUT2D eigenvalue weighted by Crippen LogP contribution is 2.37. The number of hydrogen-bond donors (Lipinski definition) is 0. The Balaban J connectivity index is 1.62. The predicted molar refractivity (Wildman–Crippen MR) is 89.5 cm³/mol. The maximum Gasteiger partial charge on any atom is 0.305 e. The molecule has 5 heteroatoms. The average Bonchev–Trinajstić information content (AvgIpc) is 3.17. The summed E-state index contributed by atoms with van der Waals surface area (Å²) >= 11 is 0. The molecule has 0 aliphatic carbocycles. The van der Waals surface area contributed by atoms with Crippen molar-refractivity contribution < 1.29 is 9.53 Å². The van der Waals surface area contributed by atoms with Crippen molar-refractivity contribution in [3.63, 3.8) is 0 Å². The van der Waals surface area contributed by atoms with Crippen LogP contribution in [-0.2, 0) is 16.1 Å². The second-order valence-corrected chi connectivity index (χ2v) is 5.87. The summed E-state index contributed by atoms with van der Waals surface area (Å²) in [6.07, 6.45) is 7.00. The zero-order chi connectivity index (χ0) is 16.1. The van der Waals surface area contributed by atoms with Gasteiger partial charge in [-0.25, -0.2) is 4.98 Å². The minimum Gasteiger partial charge on any atom is -0.466 e. The van der Waals surface area contributed by atoms with E-state index in [0.29, 0.717) is 18.9 Å². The van der Waals surface area contributed by atoms with Crippen molar-refractivity contribution in [2.75, 3.05) is 24.6 Å². The van der Waals surface area contributed by atoms with Crippen LogP contribution in [0.2, 0.25) is 0 Å². The van der Waals surface area contributed by atoms with E-state index >= 15 is 0 Å². The third kappa shape index (κ3) is 3.73. The second-order valence-electron chi connectivity index (χ2n) is 5.87. The molecule has 0 saturated heterocycles. The first-order valence-electron chi connectivity index (χ1n) is 8.23. The van der Waals surface area contributed by atoms with Gasteiger partial charge < -0.3 is 14.2 Å². The minimum atomic E-state index is -0.102. The lowest BCUT2D eigenvalue weighted by Gasteiger charge is -2.19. The van der Waals surface area contributed by atoms with Gasteiger partial charge in [0.25, 0.3) is 0 Å². The fourth-order valence-electron chi connectivity index (χ4n) is 3.25. The highest BCUT2D eigenvalue weighted by Gasteiger charge is 2.28. The van der Waals surface area contributed by atoms with Crippen molar-refractivity contribution >= 4 is 11.7 Å². The van der Waals surface area contributed by atoms with Gasteiger partial charge in [-0.05, 0) is 25.0 Å². The SMILES string of the molecule is CCOC(=O)CCCN1CC(Cn2ccnc2)c2ccccc21. The topological polar surface area (TPSA) is 47.4 Å². The highest BCUT2D eigenvalue weighted by molar-refractivity contribution is 5.69. The standard InChI is InChI=1S/C18H23N3O2/c1-2-23-18(22)8-5-10-21-13-15(12-20-11-9-19-14-20)16-6-3-4-7-17(16)21/h3-4,6-7,9,11,14-15H,2,5,8,10,12-13H2,1H3. The Kier molecular flexibility index (Phi) is 4.95. The number of fused-ring (bicyclic) bond motifs is 1. The van der Waals surface area contributed by atoms with Crippen LogP contribution in [-0.4, -0.2) is 35.2 Å². The van der Waals surface area contributed by atoms with Gasteiger partial charge in [-0.15, -0.1) is 0 Å². The summed E-state index contributed by atoms with van der Waals surface area (Å²) in [5.74, 6) is 0.359. The first-order valence-corrected chi connectivity index (χ1v) is 8.23. The number of hydrogen-bond acceptors (Lipinski definition) is 4. The number of carbonyl (C=O) groups excluding carboxylic acids is 1. The van der Waals surface area contributed by atoms with Crippen LogP contribution in [0.25, 0.3) is 0 Å². The molecule has 2 aromatic rings. The molecule has 1 unspecified atom stereocenters. The summed E-state index contributed by atoms with van der Waals surface area (Å²) in [6, 6.07) is 8.56. The number of esters is 1. The number of para-hydroxylation sites is 1. The van der Waals surface area contributed by atoms with Crippen LogP contribution in [0.4, 0.5) is 5.69 Å². The molecule has 1 aliphatic heterocycles. The molecule has 0 amide bonds. The Bertz CT molecular complexity index is 639. The molecule has 122 valence electrons. The van der Waals surface area contributed by atoms with Crippen LogP contribution in [0.5, 0.6) is 0 Å². The third-order valence-corrected chi connectivity index (χ3v) is 4.26. The number of anilines is 1. The molecule has 0 fully saturated rings. The lowest BCUT2D eigenvalue weighted by molar-refractivity contribution is -0.143. The highest BCUT2D eigenvalue weighted by atomic mass is 16.5. The van der Waals surface area contributed by atoms with Gasteiger partial charge >= 0.3 is 5.97 Å². The van der Waals surface area contributed by atoms with Crippen molar-refractivity contribution in [3.8, 4) is 0 Å². The van der Waals surface area contributed by atoms with Crippen molar-refractivity contribution in [1.82, 2.24) is 9.55 Å². The maximum absolute atomic E-state index is 11.5. The van der Waals surface area contributed by atoms with E-state index in [0.717, 1.165) is 26.1 Å². The van der Waals surface area contributed by atoms with Crippen LogP contribution in [0, 0.1) is 0 Å². The Morgan fingerprint density at radius 3 is 3.04 bits per heavy atom. The van der Waals surface area contributed by atoms with Crippen molar-refractivity contribution in [1.29, 1.82) is 0 Å². The number of carbonyl (C=O) groups is 1. The molecule has 0 bridgehead atoms. The van der Waals surface area contributed by atoms with E-state index in [9.17, 15) is 4.79 Å². The third-order valence-electron chi connectivity index (χ3n) is 4.26. The summed E-state index contributed by atoms with van der Waals surface area (Å²) in [6.45, 7) is 5.11. The normalized spacial score (nSPS) is 16.4. The number of imidazole rings is 1. The molecule has 1 aliphatic rings. The smallest absolute Gasteiger partial charge is 0.305 e. The van der Waals surface area contributed by atoms with E-state index in [1.807, 2.05) is 25.6 Å². The van der Waals surface area contributed by atoms with E-state index in [4.69, 9.17) is 4.74 Å². The average molecular weight is 313 g/mol. The van der Waals surface area contributed by atoms with Crippen LogP contribution in [0.15, 0.2) is 43.0 Å². The Morgan fingerprint density at radius 2 is 2.26 bits per heavy atom. The summed E-state index contributed by atoms with van der Waals surface area (Å²) in [7, 11) is 0. The summed E-state index contributed by atoms with van der Waals surface area (Å²) < 4.78 is 7.13. The molecule has 1 aromatic carbocycles. The number of rotatable bonds is 7. The van der Waals surface area contributed by atoms with Crippen LogP contribution < -0.4 is 4.90 Å². The summed E-state index contributed by atoms with van der Waals surface area (Å²) in [5.41, 5.74) is 2.68. The van der Waals surface area contributed by atoms with Crippen molar-refractivity contribution in [2.45, 2.75) is 32.2 Å². The van der Waals surface area contributed by atoms with Gasteiger partial charge in [0.15, 0.2) is 0 Å². The molecule has 0 N–H and O–H groups in total. The summed E-state index contributed by atoms with van der Waals surface area (Å²) in [5, 5.41) is 0. The molecule has 0 radical (unpaired) electrons. The Morgan fingerprint density at radius 1 is 1.39 bits per heavy atom. The molecule has 5 nitrogen and oxygen atoms in total. The van der Waals surface area contributed by atoms with Gasteiger partial charge in [0.1, 0.15) is 0 Å². The fraction of sp³-hybridized carbons (Fsp3) is 0.444. The number of ether oxygens (including phenoxy) is 1. The van der Waals surface area contributed by atoms with Gasteiger partial charge in [-0.1, -0.05) is 18.2 Å². The second kappa shape index (κ2) is 7.31. The molecule has 1 atom stereocenters. The van der Waals surface area contributed by atoms with E-state index in [-0.39, 0.29) is 5.97 Å². The van der Waals surface area contributed by atoms with Gasteiger partial charge in [0.2, 0.25) is 0 Å². The Labute approximate surface area is 136 Å². The molecule has 2 heterocycles.